The van der Waals surface area contributed by atoms with Crippen LogP contribution >= 0.6 is 0 Å². The number of nitrogens with one attached hydrogen (secondary N) is 2. The lowest BCUT2D eigenvalue weighted by Gasteiger charge is -2.19. The fraction of sp³-hybridized carbons (Fsp3) is 0.800. The van der Waals surface area contributed by atoms with E-state index in [1.807, 2.05) is 13.8 Å². The predicted molar refractivity (Wildman–Crippen MR) is 92.6 cm³/mol. The SMILES string of the molecule is CC(C)CS(=O)(=O)CCC(=O)Nc1nc(C2CCNCC2)nn1C. The lowest BCUT2D eigenvalue weighted by atomic mass is 9.98. The maximum absolute atomic E-state index is 12.0. The van der Waals surface area contributed by atoms with E-state index in [-0.39, 0.29) is 29.8 Å². The lowest BCUT2D eigenvalue weighted by Crippen LogP contribution is -2.27. The van der Waals surface area contributed by atoms with Crippen molar-refractivity contribution in [3.63, 3.8) is 0 Å². The summed E-state index contributed by atoms with van der Waals surface area (Å²) < 4.78 is 25.3. The average Bonchev–Trinajstić information content (AvgIpc) is 2.86. The summed E-state index contributed by atoms with van der Waals surface area (Å²) >= 11 is 0. The second-order valence-electron chi connectivity index (χ2n) is 6.75. The predicted octanol–water partition coefficient (Wildman–Crippen LogP) is 0.682. The molecular weight excluding hydrogens is 330 g/mol. The molecule has 1 aromatic rings. The number of hydrogen-bond donors (Lipinski definition) is 2. The molecule has 0 aliphatic carbocycles. The van der Waals surface area contributed by atoms with Crippen LogP contribution in [0.2, 0.25) is 0 Å². The van der Waals surface area contributed by atoms with Gasteiger partial charge >= 0.3 is 0 Å². The van der Waals surface area contributed by atoms with Crippen molar-refractivity contribution in [2.75, 3.05) is 29.9 Å². The van der Waals surface area contributed by atoms with E-state index in [4.69, 9.17) is 0 Å². The zero-order chi connectivity index (χ0) is 17.7. The van der Waals surface area contributed by atoms with Crippen molar-refractivity contribution >= 4 is 21.7 Å². The molecule has 0 atom stereocenters. The molecule has 0 bridgehead atoms. The molecule has 24 heavy (non-hydrogen) atoms. The van der Waals surface area contributed by atoms with E-state index in [0.717, 1.165) is 31.8 Å². The fourth-order valence-electron chi connectivity index (χ4n) is 2.79. The third-order valence-electron chi connectivity index (χ3n) is 3.96. The first-order chi connectivity index (χ1) is 11.3. The second-order valence-corrected chi connectivity index (χ2v) is 8.98. The molecule has 0 radical (unpaired) electrons. The highest BCUT2D eigenvalue weighted by atomic mass is 32.2. The van der Waals surface area contributed by atoms with E-state index >= 15 is 0 Å². The second kappa shape index (κ2) is 8.06. The van der Waals surface area contributed by atoms with Crippen molar-refractivity contribution in [1.29, 1.82) is 0 Å². The van der Waals surface area contributed by atoms with Gasteiger partial charge in [-0.25, -0.2) is 13.1 Å². The van der Waals surface area contributed by atoms with E-state index in [0.29, 0.717) is 11.9 Å². The van der Waals surface area contributed by atoms with Crippen molar-refractivity contribution in [2.24, 2.45) is 13.0 Å². The Bertz CT molecular complexity index is 663. The van der Waals surface area contributed by atoms with Gasteiger partial charge in [0.05, 0.1) is 11.5 Å². The van der Waals surface area contributed by atoms with Crippen LogP contribution in [0, 0.1) is 5.92 Å². The molecule has 1 amide bonds. The first-order valence-electron chi connectivity index (χ1n) is 8.39. The highest BCUT2D eigenvalue weighted by molar-refractivity contribution is 7.91. The fourth-order valence-corrected chi connectivity index (χ4v) is 4.47. The molecule has 2 heterocycles. The Morgan fingerprint density at radius 3 is 2.67 bits per heavy atom. The van der Waals surface area contributed by atoms with Crippen LogP contribution in [0.25, 0.3) is 0 Å². The quantitative estimate of drug-likeness (QED) is 0.743. The van der Waals surface area contributed by atoms with Crippen molar-refractivity contribution in [2.45, 2.75) is 39.0 Å². The van der Waals surface area contributed by atoms with Gasteiger partial charge in [0.25, 0.3) is 0 Å². The molecule has 2 rings (SSSR count). The Balaban J connectivity index is 1.91. The van der Waals surface area contributed by atoms with Crippen LogP contribution in [0.3, 0.4) is 0 Å². The number of hydrogen-bond acceptors (Lipinski definition) is 6. The Morgan fingerprint density at radius 1 is 1.38 bits per heavy atom. The third-order valence-corrected chi connectivity index (χ3v) is 5.96. The van der Waals surface area contributed by atoms with E-state index in [9.17, 15) is 13.2 Å². The molecule has 0 saturated carbocycles. The van der Waals surface area contributed by atoms with Crippen LogP contribution in [-0.2, 0) is 21.7 Å². The molecule has 1 aliphatic rings. The van der Waals surface area contributed by atoms with E-state index in [2.05, 4.69) is 20.7 Å². The van der Waals surface area contributed by atoms with Crippen LogP contribution in [0.4, 0.5) is 5.95 Å². The molecule has 2 N–H and O–H groups in total. The van der Waals surface area contributed by atoms with E-state index < -0.39 is 9.84 Å². The van der Waals surface area contributed by atoms with Crippen LogP contribution in [0.5, 0.6) is 0 Å². The van der Waals surface area contributed by atoms with Gasteiger partial charge in [-0.15, -0.1) is 0 Å². The summed E-state index contributed by atoms with van der Waals surface area (Å²) in [5.74, 6) is 1.07. The zero-order valence-corrected chi connectivity index (χ0v) is 15.4. The van der Waals surface area contributed by atoms with Crippen molar-refractivity contribution in [1.82, 2.24) is 20.1 Å². The standard InChI is InChI=1S/C15H27N5O3S/c1-11(2)10-24(22,23)9-6-13(21)17-15-18-14(19-20(15)3)12-4-7-16-8-5-12/h11-12,16H,4-10H2,1-3H3,(H,17,18,19,21). The summed E-state index contributed by atoms with van der Waals surface area (Å²) in [5, 5.41) is 10.3. The van der Waals surface area contributed by atoms with Crippen LogP contribution in [0.1, 0.15) is 44.9 Å². The monoisotopic (exact) mass is 357 g/mol. The van der Waals surface area contributed by atoms with Gasteiger partial charge in [-0.2, -0.15) is 10.1 Å². The minimum atomic E-state index is -3.20. The number of rotatable bonds is 7. The molecule has 8 nitrogen and oxygen atoms in total. The Morgan fingerprint density at radius 2 is 2.04 bits per heavy atom. The maximum atomic E-state index is 12.0. The maximum Gasteiger partial charge on any atom is 0.227 e. The Labute approximate surface area is 143 Å². The largest absolute Gasteiger partial charge is 0.317 e. The first kappa shape index (κ1) is 18.9. The van der Waals surface area contributed by atoms with Gasteiger partial charge in [0, 0.05) is 19.4 Å². The lowest BCUT2D eigenvalue weighted by molar-refractivity contribution is -0.115. The number of aryl methyl sites for hydroxylation is 1. The number of anilines is 1. The van der Waals surface area contributed by atoms with Gasteiger partial charge in [0.1, 0.15) is 0 Å². The minimum Gasteiger partial charge on any atom is -0.317 e. The van der Waals surface area contributed by atoms with Gasteiger partial charge in [-0.3, -0.25) is 10.1 Å². The highest BCUT2D eigenvalue weighted by Gasteiger charge is 2.22. The number of aromatic nitrogens is 3. The van der Waals surface area contributed by atoms with Crippen molar-refractivity contribution < 1.29 is 13.2 Å². The first-order valence-corrected chi connectivity index (χ1v) is 10.2. The molecule has 0 unspecified atom stereocenters. The van der Waals surface area contributed by atoms with Gasteiger partial charge in [0.15, 0.2) is 15.7 Å². The Hall–Kier alpha value is -1.48. The van der Waals surface area contributed by atoms with Crippen molar-refractivity contribution in [3.8, 4) is 0 Å². The minimum absolute atomic E-state index is 0.0596. The molecule has 0 aromatic carbocycles. The number of amides is 1. The average molecular weight is 357 g/mol. The topological polar surface area (TPSA) is 106 Å². The molecule has 1 aliphatic heterocycles. The van der Waals surface area contributed by atoms with Gasteiger partial charge < -0.3 is 5.32 Å². The van der Waals surface area contributed by atoms with Gasteiger partial charge in [-0.1, -0.05) is 13.8 Å². The summed E-state index contributed by atoms with van der Waals surface area (Å²) in [6, 6.07) is 0. The summed E-state index contributed by atoms with van der Waals surface area (Å²) in [6.07, 6.45) is 1.89. The molecule has 1 fully saturated rings. The summed E-state index contributed by atoms with van der Waals surface area (Å²) in [4.78, 5) is 16.4. The highest BCUT2D eigenvalue weighted by Crippen LogP contribution is 2.23. The molecule has 0 spiro atoms. The number of nitrogens with zero attached hydrogens (tertiary/aromatic N) is 3. The van der Waals surface area contributed by atoms with Crippen LogP contribution < -0.4 is 10.6 Å². The smallest absolute Gasteiger partial charge is 0.227 e. The molecular formula is C15H27N5O3S. The van der Waals surface area contributed by atoms with Crippen LogP contribution in [-0.4, -0.2) is 53.7 Å². The Kier molecular flexibility index (Phi) is 6.34. The third kappa shape index (κ3) is 5.55. The van der Waals surface area contributed by atoms with Gasteiger partial charge in [-0.05, 0) is 31.8 Å². The van der Waals surface area contributed by atoms with E-state index in [1.54, 1.807) is 7.05 Å². The molecule has 1 aromatic heterocycles. The van der Waals surface area contributed by atoms with E-state index in [1.165, 1.54) is 4.68 Å². The van der Waals surface area contributed by atoms with Crippen LogP contribution in [0.15, 0.2) is 0 Å². The molecule has 9 heteroatoms. The normalized spacial score (nSPS) is 16.5. The summed E-state index contributed by atoms with van der Waals surface area (Å²) in [7, 11) is -1.48. The zero-order valence-electron chi connectivity index (χ0n) is 14.6. The molecule has 136 valence electrons. The molecule has 1 saturated heterocycles. The number of carbonyl (C=O) groups is 1. The summed E-state index contributed by atoms with van der Waals surface area (Å²) in [5.41, 5.74) is 0. The number of carbonyl (C=O) groups excluding carboxylic acids is 1. The number of piperidine rings is 1. The van der Waals surface area contributed by atoms with Gasteiger partial charge in [0.2, 0.25) is 11.9 Å². The number of sulfone groups is 1. The van der Waals surface area contributed by atoms with Crippen molar-refractivity contribution in [3.05, 3.63) is 5.82 Å². The summed E-state index contributed by atoms with van der Waals surface area (Å²) in [6.45, 7) is 5.58.